The Hall–Kier alpha value is -1.13. The maximum absolute atomic E-state index is 6.08. The molecule has 2 rings (SSSR count). The molecule has 2 aromatic heterocycles. The molecule has 0 saturated carbocycles. The summed E-state index contributed by atoms with van der Waals surface area (Å²) in [4.78, 5) is 7.52. The molecule has 0 unspecified atom stereocenters. The molecule has 0 amide bonds. The smallest absolute Gasteiger partial charge is 0.236 e. The van der Waals surface area contributed by atoms with E-state index in [0.29, 0.717) is 9.76 Å². The Morgan fingerprint density at radius 3 is 2.61 bits per heavy atom. The molecule has 18 heavy (non-hydrogen) atoms. The van der Waals surface area contributed by atoms with Crippen molar-refractivity contribution >= 4 is 20.8 Å². The van der Waals surface area contributed by atoms with Gasteiger partial charge in [-0.1, -0.05) is 20.8 Å². The molecule has 0 aliphatic carbocycles. The zero-order chi connectivity index (χ0) is 13.4. The van der Waals surface area contributed by atoms with Crippen LogP contribution >= 0.6 is 0 Å². The summed E-state index contributed by atoms with van der Waals surface area (Å²) in [5.41, 5.74) is 1.74. The fourth-order valence-corrected chi connectivity index (χ4v) is 2.29. The Labute approximate surface area is 111 Å². The lowest BCUT2D eigenvalue weighted by Crippen LogP contribution is -2.27. The Bertz CT molecular complexity index is 540. The van der Waals surface area contributed by atoms with Crippen LogP contribution in [0.3, 0.4) is 0 Å². The van der Waals surface area contributed by atoms with Gasteiger partial charge in [-0.15, -0.1) is 0 Å². The summed E-state index contributed by atoms with van der Waals surface area (Å²) in [6.07, 6.45) is 3.80. The lowest BCUT2D eigenvalue weighted by molar-refractivity contribution is 0.109. The molecule has 0 bridgehead atoms. The molecule has 0 aliphatic rings. The molecule has 0 atom stereocenters. The van der Waals surface area contributed by atoms with Crippen molar-refractivity contribution < 1.29 is 4.43 Å². The van der Waals surface area contributed by atoms with Gasteiger partial charge in [-0.2, -0.15) is 0 Å². The average molecular weight is 260 g/mol. The number of hydrogen-bond acceptors (Lipinski definition) is 2. The van der Waals surface area contributed by atoms with Crippen molar-refractivity contribution in [3.05, 3.63) is 30.1 Å². The normalized spacial score (nSPS) is 13.2. The molecule has 0 spiro atoms. The number of H-pyrrole nitrogens is 1. The minimum absolute atomic E-state index is 0.197. The molecule has 2 radical (unpaired) electrons. The van der Waals surface area contributed by atoms with Gasteiger partial charge in [0.15, 0.2) is 0 Å². The van der Waals surface area contributed by atoms with Crippen LogP contribution in [0.15, 0.2) is 24.5 Å². The van der Waals surface area contributed by atoms with E-state index in [2.05, 4.69) is 50.7 Å². The van der Waals surface area contributed by atoms with Crippen LogP contribution in [-0.4, -0.2) is 19.7 Å². The molecule has 96 valence electrons. The first-order valence-electron chi connectivity index (χ1n) is 6.17. The standard InChI is InChI=1S/C14H20N2OSi/c1-13(2,3)18-17-14(4,5)11-8-10-6-7-15-12(10)16-9-11/h6-9H,1-5H3,(H,15,16). The van der Waals surface area contributed by atoms with Crippen molar-refractivity contribution in [2.45, 2.75) is 45.3 Å². The number of aromatic amines is 1. The minimum atomic E-state index is -0.301. The summed E-state index contributed by atoms with van der Waals surface area (Å²) in [6, 6.07) is 4.18. The molecule has 2 heterocycles. The SMILES string of the molecule is CC(C)(C)[Si]OC(C)(C)c1cnc2[nH]ccc2c1. The summed E-state index contributed by atoms with van der Waals surface area (Å²) in [5.74, 6) is 0. The minimum Gasteiger partial charge on any atom is -0.408 e. The first kappa shape index (κ1) is 13.3. The Morgan fingerprint density at radius 1 is 1.22 bits per heavy atom. The summed E-state index contributed by atoms with van der Waals surface area (Å²) in [7, 11) is 0.467. The summed E-state index contributed by atoms with van der Waals surface area (Å²) < 4.78 is 6.08. The maximum atomic E-state index is 6.08. The third-order valence-electron chi connectivity index (χ3n) is 2.71. The predicted octanol–water partition coefficient (Wildman–Crippen LogP) is 3.65. The van der Waals surface area contributed by atoms with Gasteiger partial charge in [0.25, 0.3) is 0 Å². The number of nitrogens with one attached hydrogen (secondary N) is 1. The van der Waals surface area contributed by atoms with Crippen LogP contribution in [0.1, 0.15) is 40.2 Å². The lowest BCUT2D eigenvalue weighted by atomic mass is 10.00. The zero-order valence-corrected chi connectivity index (χ0v) is 12.7. The van der Waals surface area contributed by atoms with Crippen molar-refractivity contribution in [1.82, 2.24) is 9.97 Å². The van der Waals surface area contributed by atoms with Crippen LogP contribution in [0, 0.1) is 0 Å². The van der Waals surface area contributed by atoms with Crippen LogP contribution in [0.25, 0.3) is 11.0 Å². The van der Waals surface area contributed by atoms with E-state index in [1.807, 2.05) is 18.5 Å². The second kappa shape index (κ2) is 4.52. The number of fused-ring (bicyclic) bond motifs is 1. The van der Waals surface area contributed by atoms with Gasteiger partial charge in [0, 0.05) is 23.3 Å². The molecule has 1 N–H and O–H groups in total. The third kappa shape index (κ3) is 3.00. The highest BCUT2D eigenvalue weighted by atomic mass is 28.2. The first-order chi connectivity index (χ1) is 8.28. The molecular weight excluding hydrogens is 240 g/mol. The van der Waals surface area contributed by atoms with Gasteiger partial charge in [0.2, 0.25) is 9.76 Å². The molecule has 0 aliphatic heterocycles. The Morgan fingerprint density at radius 2 is 1.94 bits per heavy atom. The number of rotatable bonds is 3. The van der Waals surface area contributed by atoms with E-state index in [4.69, 9.17) is 4.43 Å². The van der Waals surface area contributed by atoms with Crippen molar-refractivity contribution in [2.24, 2.45) is 0 Å². The Kier molecular flexibility index (Phi) is 3.34. The largest absolute Gasteiger partial charge is 0.408 e. The first-order valence-corrected chi connectivity index (χ1v) is 7.08. The van der Waals surface area contributed by atoms with E-state index in [1.165, 1.54) is 0 Å². The van der Waals surface area contributed by atoms with E-state index in [-0.39, 0.29) is 10.6 Å². The van der Waals surface area contributed by atoms with Crippen LogP contribution in [0.4, 0.5) is 0 Å². The molecular formula is C14H20N2OSi. The van der Waals surface area contributed by atoms with Gasteiger partial charge >= 0.3 is 0 Å². The van der Waals surface area contributed by atoms with Crippen LogP contribution < -0.4 is 0 Å². The fraction of sp³-hybridized carbons (Fsp3) is 0.500. The number of aromatic nitrogens is 2. The lowest BCUT2D eigenvalue weighted by Gasteiger charge is -2.29. The van der Waals surface area contributed by atoms with Gasteiger partial charge < -0.3 is 9.41 Å². The van der Waals surface area contributed by atoms with Gasteiger partial charge in [-0.3, -0.25) is 0 Å². The summed E-state index contributed by atoms with van der Waals surface area (Å²) in [5, 5.41) is 1.33. The highest BCUT2D eigenvalue weighted by molar-refractivity contribution is 6.31. The van der Waals surface area contributed by atoms with Gasteiger partial charge in [0.05, 0.1) is 5.60 Å². The number of hydrogen-bond donors (Lipinski definition) is 1. The van der Waals surface area contributed by atoms with Gasteiger partial charge in [-0.05, 0) is 31.0 Å². The van der Waals surface area contributed by atoms with Crippen molar-refractivity contribution in [3.8, 4) is 0 Å². The fourth-order valence-electron chi connectivity index (χ4n) is 1.61. The highest BCUT2D eigenvalue weighted by Gasteiger charge is 2.25. The number of nitrogens with zero attached hydrogens (tertiary/aromatic N) is 1. The highest BCUT2D eigenvalue weighted by Crippen LogP contribution is 2.30. The van der Waals surface area contributed by atoms with Gasteiger partial charge in [-0.25, -0.2) is 4.98 Å². The summed E-state index contributed by atoms with van der Waals surface area (Å²) >= 11 is 0. The predicted molar refractivity (Wildman–Crippen MR) is 75.7 cm³/mol. The van der Waals surface area contributed by atoms with E-state index in [0.717, 1.165) is 16.6 Å². The van der Waals surface area contributed by atoms with E-state index >= 15 is 0 Å². The maximum Gasteiger partial charge on any atom is 0.236 e. The van der Waals surface area contributed by atoms with Crippen molar-refractivity contribution in [3.63, 3.8) is 0 Å². The van der Waals surface area contributed by atoms with E-state index < -0.39 is 0 Å². The number of pyridine rings is 1. The molecule has 3 nitrogen and oxygen atoms in total. The molecule has 0 fully saturated rings. The molecule has 2 aromatic rings. The van der Waals surface area contributed by atoms with Gasteiger partial charge in [0.1, 0.15) is 5.65 Å². The van der Waals surface area contributed by atoms with E-state index in [9.17, 15) is 0 Å². The average Bonchev–Trinajstić information content (AvgIpc) is 2.72. The molecule has 0 saturated heterocycles. The van der Waals surface area contributed by atoms with Crippen molar-refractivity contribution in [2.75, 3.05) is 0 Å². The quantitative estimate of drug-likeness (QED) is 0.855. The second-order valence-corrected chi connectivity index (χ2v) is 8.01. The second-order valence-electron chi connectivity index (χ2n) is 6.10. The topological polar surface area (TPSA) is 37.9 Å². The van der Waals surface area contributed by atoms with Crippen molar-refractivity contribution in [1.29, 1.82) is 0 Å². The van der Waals surface area contributed by atoms with Crippen LogP contribution in [-0.2, 0) is 10.0 Å². The molecule has 0 aromatic carbocycles. The Balaban J connectivity index is 2.22. The third-order valence-corrected chi connectivity index (χ3v) is 3.93. The van der Waals surface area contributed by atoms with Crippen LogP contribution in [0.5, 0.6) is 0 Å². The monoisotopic (exact) mass is 260 g/mol. The zero-order valence-electron chi connectivity index (χ0n) is 11.7. The summed E-state index contributed by atoms with van der Waals surface area (Å²) in [6.45, 7) is 10.8. The van der Waals surface area contributed by atoms with Crippen LogP contribution in [0.2, 0.25) is 5.04 Å². The van der Waals surface area contributed by atoms with E-state index in [1.54, 1.807) is 0 Å². The molecule has 4 heteroatoms.